The average molecular weight is 334 g/mol. The van der Waals surface area contributed by atoms with E-state index in [4.69, 9.17) is 11.6 Å². The van der Waals surface area contributed by atoms with Gasteiger partial charge in [0, 0.05) is 11.6 Å². The summed E-state index contributed by atoms with van der Waals surface area (Å²) in [4.78, 5) is 22.0. The number of nitrogens with zero attached hydrogens (tertiary/aromatic N) is 2. The molecule has 0 saturated carbocycles. The Balaban J connectivity index is 2.11. The minimum Gasteiger partial charge on any atom is -0.502 e. The molecule has 0 saturated heterocycles. The van der Waals surface area contributed by atoms with Crippen molar-refractivity contribution in [2.45, 2.75) is 6.92 Å². The predicted octanol–water partition coefficient (Wildman–Crippen LogP) is 3.03. The standard InChI is InChI=1S/C15H12ClN3O4/c1-9-2-4-11(12(16)6-9)15(21)18-17-8-10-3-5-14(20)13(7-10)19(22)23/h2-8,20H,1H3,(H,18,21)/b17-8+. The maximum atomic E-state index is 11.9. The lowest BCUT2D eigenvalue weighted by Crippen LogP contribution is -2.18. The molecule has 0 unspecified atom stereocenters. The van der Waals surface area contributed by atoms with Gasteiger partial charge in [-0.2, -0.15) is 5.10 Å². The normalized spacial score (nSPS) is 10.7. The predicted molar refractivity (Wildman–Crippen MR) is 86.0 cm³/mol. The molecule has 8 heteroatoms. The minimum atomic E-state index is -0.711. The van der Waals surface area contributed by atoms with Crippen LogP contribution in [0.5, 0.6) is 5.75 Å². The van der Waals surface area contributed by atoms with E-state index in [2.05, 4.69) is 10.5 Å². The number of hydrazone groups is 1. The van der Waals surface area contributed by atoms with Crippen LogP contribution in [-0.2, 0) is 0 Å². The van der Waals surface area contributed by atoms with Crippen molar-refractivity contribution < 1.29 is 14.8 Å². The zero-order valence-corrected chi connectivity index (χ0v) is 12.7. The number of hydrogen-bond acceptors (Lipinski definition) is 5. The van der Waals surface area contributed by atoms with E-state index in [9.17, 15) is 20.0 Å². The zero-order valence-electron chi connectivity index (χ0n) is 12.0. The Morgan fingerprint density at radius 2 is 2.09 bits per heavy atom. The van der Waals surface area contributed by atoms with E-state index in [0.717, 1.165) is 11.6 Å². The minimum absolute atomic E-state index is 0.270. The van der Waals surface area contributed by atoms with Crippen molar-refractivity contribution in [3.8, 4) is 5.75 Å². The third-order valence-electron chi connectivity index (χ3n) is 2.95. The first-order valence-electron chi connectivity index (χ1n) is 6.45. The summed E-state index contributed by atoms with van der Waals surface area (Å²) in [7, 11) is 0. The molecule has 0 atom stereocenters. The van der Waals surface area contributed by atoms with Gasteiger partial charge in [0.1, 0.15) is 0 Å². The smallest absolute Gasteiger partial charge is 0.311 e. The molecule has 0 aliphatic carbocycles. The number of carbonyl (C=O) groups is 1. The first kappa shape index (κ1) is 16.4. The molecule has 0 fully saturated rings. The van der Waals surface area contributed by atoms with E-state index in [0.29, 0.717) is 10.6 Å². The Hall–Kier alpha value is -2.93. The summed E-state index contributed by atoms with van der Waals surface area (Å²) in [6.45, 7) is 1.85. The van der Waals surface area contributed by atoms with Gasteiger partial charge in [0.15, 0.2) is 5.75 Å². The van der Waals surface area contributed by atoms with Crippen molar-refractivity contribution in [1.82, 2.24) is 5.43 Å². The highest BCUT2D eigenvalue weighted by Gasteiger charge is 2.13. The summed E-state index contributed by atoms with van der Waals surface area (Å²) < 4.78 is 0. The van der Waals surface area contributed by atoms with Gasteiger partial charge in [-0.15, -0.1) is 0 Å². The van der Waals surface area contributed by atoms with Gasteiger partial charge in [-0.3, -0.25) is 14.9 Å². The molecule has 0 heterocycles. The molecule has 0 aliphatic heterocycles. The van der Waals surface area contributed by atoms with Gasteiger partial charge in [0.2, 0.25) is 0 Å². The van der Waals surface area contributed by atoms with Crippen molar-refractivity contribution in [3.63, 3.8) is 0 Å². The number of aromatic hydroxyl groups is 1. The molecule has 0 bridgehead atoms. The molecule has 23 heavy (non-hydrogen) atoms. The largest absolute Gasteiger partial charge is 0.502 e. The number of hydrogen-bond donors (Lipinski definition) is 2. The molecule has 2 aromatic rings. The highest BCUT2D eigenvalue weighted by atomic mass is 35.5. The molecular formula is C15H12ClN3O4. The zero-order chi connectivity index (χ0) is 17.0. The maximum absolute atomic E-state index is 11.9. The summed E-state index contributed by atoms with van der Waals surface area (Å²) in [5.74, 6) is -0.942. The molecular weight excluding hydrogens is 322 g/mol. The lowest BCUT2D eigenvalue weighted by atomic mass is 10.1. The van der Waals surface area contributed by atoms with Gasteiger partial charge in [-0.25, -0.2) is 5.43 Å². The van der Waals surface area contributed by atoms with E-state index in [1.165, 1.54) is 18.3 Å². The number of aryl methyl sites for hydroxylation is 1. The van der Waals surface area contributed by atoms with E-state index in [1.54, 1.807) is 18.2 Å². The van der Waals surface area contributed by atoms with Crippen LogP contribution in [0.2, 0.25) is 5.02 Å². The second kappa shape index (κ2) is 6.89. The molecule has 2 N–H and O–H groups in total. The van der Waals surface area contributed by atoms with Crippen LogP contribution in [0.4, 0.5) is 5.69 Å². The highest BCUT2D eigenvalue weighted by molar-refractivity contribution is 6.33. The molecule has 118 valence electrons. The average Bonchev–Trinajstić information content (AvgIpc) is 2.48. The van der Waals surface area contributed by atoms with E-state index < -0.39 is 22.3 Å². The number of rotatable bonds is 4. The Morgan fingerprint density at radius 1 is 1.35 bits per heavy atom. The number of phenolic OH excluding ortho intramolecular Hbond substituents is 1. The fraction of sp³-hybridized carbons (Fsp3) is 0.0667. The fourth-order valence-electron chi connectivity index (χ4n) is 1.80. The maximum Gasteiger partial charge on any atom is 0.311 e. The van der Waals surface area contributed by atoms with Crippen molar-refractivity contribution in [1.29, 1.82) is 0 Å². The third kappa shape index (κ3) is 4.04. The number of phenols is 1. The second-order valence-corrected chi connectivity index (χ2v) is 5.09. The van der Waals surface area contributed by atoms with E-state index in [-0.39, 0.29) is 5.56 Å². The van der Waals surface area contributed by atoms with Crippen LogP contribution in [0.25, 0.3) is 0 Å². The summed E-state index contributed by atoms with van der Waals surface area (Å²) in [5.41, 5.74) is 3.39. The van der Waals surface area contributed by atoms with Gasteiger partial charge < -0.3 is 5.11 Å². The number of nitro benzene ring substituents is 1. The Morgan fingerprint density at radius 3 is 2.74 bits per heavy atom. The first-order valence-corrected chi connectivity index (χ1v) is 6.83. The van der Waals surface area contributed by atoms with Crippen LogP contribution in [0.1, 0.15) is 21.5 Å². The van der Waals surface area contributed by atoms with Crippen LogP contribution in [0.3, 0.4) is 0 Å². The molecule has 2 rings (SSSR count). The number of halogens is 1. The van der Waals surface area contributed by atoms with Crippen molar-refractivity contribution in [2.24, 2.45) is 5.10 Å². The molecule has 7 nitrogen and oxygen atoms in total. The second-order valence-electron chi connectivity index (χ2n) is 4.69. The fourth-order valence-corrected chi connectivity index (χ4v) is 2.12. The van der Waals surface area contributed by atoms with Crippen LogP contribution in [0.15, 0.2) is 41.5 Å². The summed E-state index contributed by atoms with van der Waals surface area (Å²) >= 11 is 5.98. The Kier molecular flexibility index (Phi) is 4.92. The van der Waals surface area contributed by atoms with E-state index in [1.807, 2.05) is 6.92 Å². The SMILES string of the molecule is Cc1ccc(C(=O)N/N=C/c2ccc(O)c([N+](=O)[O-])c2)c(Cl)c1. The Bertz CT molecular complexity index is 805. The molecule has 1 amide bonds. The summed E-state index contributed by atoms with van der Waals surface area (Å²) in [5, 5.41) is 24.1. The van der Waals surface area contributed by atoms with Gasteiger partial charge in [0.05, 0.1) is 21.7 Å². The highest BCUT2D eigenvalue weighted by Crippen LogP contribution is 2.25. The van der Waals surface area contributed by atoms with Crippen molar-refractivity contribution >= 4 is 29.4 Å². The van der Waals surface area contributed by atoms with Crippen molar-refractivity contribution in [2.75, 3.05) is 0 Å². The van der Waals surface area contributed by atoms with Crippen LogP contribution in [0, 0.1) is 17.0 Å². The number of nitrogens with one attached hydrogen (secondary N) is 1. The van der Waals surface area contributed by atoms with Gasteiger partial charge in [-0.05, 0) is 36.8 Å². The number of carbonyl (C=O) groups excluding carboxylic acids is 1. The lowest BCUT2D eigenvalue weighted by Gasteiger charge is -2.03. The summed E-state index contributed by atoms with van der Waals surface area (Å²) in [6.07, 6.45) is 1.23. The number of benzene rings is 2. The molecule has 0 aromatic heterocycles. The van der Waals surface area contributed by atoms with Gasteiger partial charge >= 0.3 is 5.69 Å². The molecule has 2 aromatic carbocycles. The van der Waals surface area contributed by atoms with Crippen LogP contribution >= 0.6 is 11.6 Å². The monoisotopic (exact) mass is 333 g/mol. The Labute approximate surface area is 136 Å². The first-order chi connectivity index (χ1) is 10.9. The van der Waals surface area contributed by atoms with Gasteiger partial charge in [0.25, 0.3) is 5.91 Å². The van der Waals surface area contributed by atoms with Crippen LogP contribution < -0.4 is 5.43 Å². The van der Waals surface area contributed by atoms with Gasteiger partial charge in [-0.1, -0.05) is 17.7 Å². The van der Waals surface area contributed by atoms with E-state index >= 15 is 0 Å². The summed E-state index contributed by atoms with van der Waals surface area (Å²) in [6, 6.07) is 8.73. The number of nitro groups is 1. The lowest BCUT2D eigenvalue weighted by molar-refractivity contribution is -0.385. The quantitative estimate of drug-likeness (QED) is 0.509. The third-order valence-corrected chi connectivity index (χ3v) is 3.26. The van der Waals surface area contributed by atoms with Crippen LogP contribution in [-0.4, -0.2) is 22.2 Å². The molecule has 0 aliphatic rings. The van der Waals surface area contributed by atoms with Crippen molar-refractivity contribution in [3.05, 3.63) is 68.2 Å². The molecule has 0 radical (unpaired) electrons. The topological polar surface area (TPSA) is 105 Å². The molecule has 0 spiro atoms. The number of amides is 1.